The van der Waals surface area contributed by atoms with E-state index in [2.05, 4.69) is 20.7 Å². The molecule has 8 nitrogen and oxygen atoms in total. The number of aromatic nitrogens is 3. The predicted molar refractivity (Wildman–Crippen MR) is 91.3 cm³/mol. The zero-order valence-electron chi connectivity index (χ0n) is 14.3. The van der Waals surface area contributed by atoms with Gasteiger partial charge in [-0.15, -0.1) is 10.2 Å². The molecule has 0 aromatic carbocycles. The predicted octanol–water partition coefficient (Wildman–Crippen LogP) is 3.65. The third-order valence-electron chi connectivity index (χ3n) is 3.36. The van der Waals surface area contributed by atoms with Gasteiger partial charge in [0, 0.05) is 11.5 Å². The van der Waals surface area contributed by atoms with Crippen molar-refractivity contribution >= 4 is 23.6 Å². The van der Waals surface area contributed by atoms with E-state index in [4.69, 9.17) is 13.4 Å². The molecule has 3 aromatic heterocycles. The first-order chi connectivity index (χ1) is 11.8. The number of rotatable bonds is 5. The molecule has 0 unspecified atom stereocenters. The molecule has 9 heteroatoms. The Hall–Kier alpha value is -2.55. The molecule has 0 aliphatic rings. The van der Waals surface area contributed by atoms with Crippen molar-refractivity contribution in [1.29, 1.82) is 0 Å². The summed E-state index contributed by atoms with van der Waals surface area (Å²) in [5.74, 6) is 1.23. The Kier molecular flexibility index (Phi) is 4.67. The highest BCUT2D eigenvalue weighted by Gasteiger charge is 2.20. The maximum Gasteiger partial charge on any atom is 0.277 e. The van der Waals surface area contributed by atoms with Crippen molar-refractivity contribution in [3.63, 3.8) is 0 Å². The van der Waals surface area contributed by atoms with Crippen LogP contribution in [0.2, 0.25) is 0 Å². The largest absolute Gasteiger partial charge is 0.469 e. The summed E-state index contributed by atoms with van der Waals surface area (Å²) >= 11 is 1.14. The summed E-state index contributed by atoms with van der Waals surface area (Å²) in [5.41, 5.74) is 1.36. The van der Waals surface area contributed by atoms with Crippen molar-refractivity contribution in [2.24, 2.45) is 0 Å². The number of carbonyl (C=O) groups is 1. The van der Waals surface area contributed by atoms with Crippen LogP contribution in [0.1, 0.15) is 32.2 Å². The average molecular weight is 362 g/mol. The van der Waals surface area contributed by atoms with Gasteiger partial charge in [-0.2, -0.15) is 0 Å². The number of nitrogens with zero attached hydrogens (tertiary/aromatic N) is 3. The number of hydrogen-bond donors (Lipinski definition) is 1. The molecule has 1 N–H and O–H groups in total. The fourth-order valence-electron chi connectivity index (χ4n) is 1.97. The Bertz CT molecular complexity index is 875. The molecule has 0 aliphatic carbocycles. The van der Waals surface area contributed by atoms with Crippen LogP contribution in [-0.4, -0.2) is 27.0 Å². The monoisotopic (exact) mass is 362 g/mol. The Labute approximate surface area is 148 Å². The Morgan fingerprint density at radius 3 is 2.76 bits per heavy atom. The van der Waals surface area contributed by atoms with E-state index in [1.807, 2.05) is 27.7 Å². The minimum Gasteiger partial charge on any atom is -0.469 e. The summed E-state index contributed by atoms with van der Waals surface area (Å²) < 4.78 is 15.9. The van der Waals surface area contributed by atoms with Crippen molar-refractivity contribution in [1.82, 2.24) is 15.4 Å². The fourth-order valence-corrected chi connectivity index (χ4v) is 2.54. The highest BCUT2D eigenvalue weighted by atomic mass is 32.2. The first-order valence-electron chi connectivity index (χ1n) is 7.61. The zero-order valence-corrected chi connectivity index (χ0v) is 15.1. The molecule has 1 amide bonds. The molecule has 0 aliphatic heterocycles. The van der Waals surface area contributed by atoms with Gasteiger partial charge in [0.15, 0.2) is 0 Å². The molecule has 0 fully saturated rings. The van der Waals surface area contributed by atoms with Gasteiger partial charge in [0.2, 0.25) is 11.8 Å². The maximum atomic E-state index is 12.0. The van der Waals surface area contributed by atoms with Crippen molar-refractivity contribution in [2.45, 2.75) is 38.3 Å². The molecule has 0 saturated heterocycles. The smallest absolute Gasteiger partial charge is 0.277 e. The molecule has 3 aromatic rings. The minimum absolute atomic E-state index is 0.109. The molecule has 3 heterocycles. The molecule has 132 valence electrons. The second-order valence-electron chi connectivity index (χ2n) is 6.43. The number of thioether (sulfide) groups is 1. The van der Waals surface area contributed by atoms with E-state index in [-0.39, 0.29) is 17.1 Å². The quantitative estimate of drug-likeness (QED) is 0.685. The van der Waals surface area contributed by atoms with Gasteiger partial charge in [0.1, 0.15) is 5.76 Å². The van der Waals surface area contributed by atoms with Gasteiger partial charge in [-0.25, -0.2) is 0 Å². The Morgan fingerprint density at radius 1 is 1.32 bits per heavy atom. The topological polar surface area (TPSA) is 107 Å². The zero-order chi connectivity index (χ0) is 18.0. The summed E-state index contributed by atoms with van der Waals surface area (Å²) in [6.45, 7) is 7.85. The van der Waals surface area contributed by atoms with Crippen molar-refractivity contribution < 1.29 is 18.2 Å². The van der Waals surface area contributed by atoms with Gasteiger partial charge in [-0.3, -0.25) is 10.1 Å². The number of anilines is 1. The standard InChI is InChI=1S/C16H18N4O4S/c1-9-10(5-6-22-9)14-18-19-15(23-14)25-8-12(21)17-13-7-11(20-24-13)16(2,3)4/h5-7H,8H2,1-4H3,(H,17,21). The maximum absolute atomic E-state index is 12.0. The second kappa shape index (κ2) is 6.75. The Morgan fingerprint density at radius 2 is 2.12 bits per heavy atom. The van der Waals surface area contributed by atoms with Crippen LogP contribution in [0.15, 0.2) is 37.0 Å². The van der Waals surface area contributed by atoms with Crippen molar-refractivity contribution in [2.75, 3.05) is 11.1 Å². The van der Waals surface area contributed by atoms with Crippen LogP contribution in [0.25, 0.3) is 11.5 Å². The van der Waals surface area contributed by atoms with E-state index in [1.54, 1.807) is 18.4 Å². The van der Waals surface area contributed by atoms with Crippen LogP contribution in [-0.2, 0) is 10.2 Å². The van der Waals surface area contributed by atoms with E-state index < -0.39 is 0 Å². The lowest BCUT2D eigenvalue weighted by Crippen LogP contribution is -2.14. The SMILES string of the molecule is Cc1occc1-c1nnc(SCC(=O)Nc2cc(C(C)(C)C)no2)o1. The van der Waals surface area contributed by atoms with Gasteiger partial charge >= 0.3 is 0 Å². The first-order valence-corrected chi connectivity index (χ1v) is 8.59. The van der Waals surface area contributed by atoms with Crippen LogP contribution < -0.4 is 5.32 Å². The molecule has 0 saturated carbocycles. The van der Waals surface area contributed by atoms with Crippen LogP contribution in [0.5, 0.6) is 0 Å². The van der Waals surface area contributed by atoms with Gasteiger partial charge in [-0.05, 0) is 13.0 Å². The van der Waals surface area contributed by atoms with E-state index in [0.717, 1.165) is 23.0 Å². The molecule has 0 bridgehead atoms. The minimum atomic E-state index is -0.249. The van der Waals surface area contributed by atoms with Gasteiger partial charge in [0.25, 0.3) is 11.1 Å². The summed E-state index contributed by atoms with van der Waals surface area (Å²) in [6, 6.07) is 3.47. The normalized spacial score (nSPS) is 11.7. The third kappa shape index (κ3) is 4.11. The molecule has 0 radical (unpaired) electrons. The van der Waals surface area contributed by atoms with Gasteiger partial charge < -0.3 is 13.4 Å². The molecular weight excluding hydrogens is 344 g/mol. The molecule has 3 rings (SSSR count). The lowest BCUT2D eigenvalue weighted by atomic mass is 9.92. The molecular formula is C16H18N4O4S. The summed E-state index contributed by atoms with van der Waals surface area (Å²) in [4.78, 5) is 12.0. The fraction of sp³-hybridized carbons (Fsp3) is 0.375. The van der Waals surface area contributed by atoms with Crippen LogP contribution >= 0.6 is 11.8 Å². The average Bonchev–Trinajstić information content (AvgIpc) is 3.24. The van der Waals surface area contributed by atoms with E-state index in [0.29, 0.717) is 22.8 Å². The number of furan rings is 1. The number of hydrogen-bond acceptors (Lipinski definition) is 8. The van der Waals surface area contributed by atoms with E-state index in [1.165, 1.54) is 0 Å². The van der Waals surface area contributed by atoms with Crippen LogP contribution in [0, 0.1) is 6.92 Å². The Balaban J connectivity index is 1.55. The molecule has 0 atom stereocenters. The molecule has 25 heavy (non-hydrogen) atoms. The number of nitrogens with one attached hydrogen (secondary N) is 1. The van der Waals surface area contributed by atoms with Crippen LogP contribution in [0.4, 0.5) is 5.88 Å². The molecule has 0 spiro atoms. The lowest BCUT2D eigenvalue weighted by Gasteiger charge is -2.12. The lowest BCUT2D eigenvalue weighted by molar-refractivity contribution is -0.113. The number of aryl methyl sites for hydroxylation is 1. The number of amides is 1. The van der Waals surface area contributed by atoms with Gasteiger partial charge in [-0.1, -0.05) is 37.7 Å². The van der Waals surface area contributed by atoms with Gasteiger partial charge in [0.05, 0.1) is 23.3 Å². The van der Waals surface area contributed by atoms with E-state index in [9.17, 15) is 4.79 Å². The summed E-state index contributed by atoms with van der Waals surface area (Å²) in [7, 11) is 0. The highest BCUT2D eigenvalue weighted by molar-refractivity contribution is 7.99. The highest BCUT2D eigenvalue weighted by Crippen LogP contribution is 2.27. The summed E-state index contributed by atoms with van der Waals surface area (Å²) in [6.07, 6.45) is 1.55. The van der Waals surface area contributed by atoms with Crippen LogP contribution in [0.3, 0.4) is 0 Å². The van der Waals surface area contributed by atoms with E-state index >= 15 is 0 Å². The number of carbonyl (C=O) groups excluding carboxylic acids is 1. The second-order valence-corrected chi connectivity index (χ2v) is 7.35. The summed E-state index contributed by atoms with van der Waals surface area (Å²) in [5, 5.41) is 14.8. The third-order valence-corrected chi connectivity index (χ3v) is 4.18. The van der Waals surface area contributed by atoms with Crippen molar-refractivity contribution in [3.05, 3.63) is 29.9 Å². The first kappa shape index (κ1) is 17.3. The van der Waals surface area contributed by atoms with Crippen molar-refractivity contribution in [3.8, 4) is 11.5 Å².